The fourth-order valence-electron chi connectivity index (χ4n) is 2.13. The van der Waals surface area contributed by atoms with Gasteiger partial charge in [0.25, 0.3) is 0 Å². The minimum Gasteiger partial charge on any atom is -0.243 e. The van der Waals surface area contributed by atoms with Crippen molar-refractivity contribution in [3.05, 3.63) is 60.3 Å². The summed E-state index contributed by atoms with van der Waals surface area (Å²) in [6.07, 6.45) is 0. The van der Waals surface area contributed by atoms with Crippen molar-refractivity contribution in [2.24, 2.45) is 0 Å². The van der Waals surface area contributed by atoms with Crippen molar-refractivity contribution >= 4 is 19.1 Å². The summed E-state index contributed by atoms with van der Waals surface area (Å²) in [4.78, 5) is 9.54. The van der Waals surface area contributed by atoms with Gasteiger partial charge in [-0.15, -0.1) is 5.54 Å². The van der Waals surface area contributed by atoms with Crippen LogP contribution in [-0.4, -0.2) is 18.0 Å². The highest BCUT2D eigenvalue weighted by molar-refractivity contribution is 6.83. The zero-order valence-electron chi connectivity index (χ0n) is 13.1. The standard InChI is InChI=1S/C19H18N2Si/c1-22(2,3)14-13-18-19(15-9-5-4-6-10-15)21-17-12-8-7-11-16(17)20-18/h4-12H,1-3H3. The summed E-state index contributed by atoms with van der Waals surface area (Å²) >= 11 is 0. The molecule has 3 aromatic rings. The molecule has 0 amide bonds. The van der Waals surface area contributed by atoms with Crippen LogP contribution in [0.5, 0.6) is 0 Å². The van der Waals surface area contributed by atoms with Gasteiger partial charge in [0.2, 0.25) is 0 Å². The molecule has 1 heterocycles. The summed E-state index contributed by atoms with van der Waals surface area (Å²) in [6.45, 7) is 6.70. The topological polar surface area (TPSA) is 25.8 Å². The van der Waals surface area contributed by atoms with Crippen molar-refractivity contribution in [2.45, 2.75) is 19.6 Å². The Bertz CT molecular complexity index is 869. The first-order valence-electron chi connectivity index (χ1n) is 7.38. The predicted molar refractivity (Wildman–Crippen MR) is 95.2 cm³/mol. The molecule has 0 N–H and O–H groups in total. The van der Waals surface area contributed by atoms with Crippen molar-refractivity contribution in [1.82, 2.24) is 9.97 Å². The van der Waals surface area contributed by atoms with Crippen LogP contribution in [0.4, 0.5) is 0 Å². The second kappa shape index (κ2) is 5.74. The molecule has 0 fully saturated rings. The van der Waals surface area contributed by atoms with E-state index in [0.717, 1.165) is 28.0 Å². The van der Waals surface area contributed by atoms with Crippen molar-refractivity contribution in [3.8, 4) is 22.7 Å². The Kier molecular flexibility index (Phi) is 3.78. The Morgan fingerprint density at radius 1 is 0.773 bits per heavy atom. The zero-order valence-corrected chi connectivity index (χ0v) is 14.1. The molecule has 0 saturated carbocycles. The van der Waals surface area contributed by atoms with Gasteiger partial charge in [-0.1, -0.05) is 68.0 Å². The summed E-state index contributed by atoms with van der Waals surface area (Å²) in [5, 5.41) is 0. The number of aromatic nitrogens is 2. The molecule has 0 saturated heterocycles. The van der Waals surface area contributed by atoms with Crippen LogP contribution in [0, 0.1) is 11.5 Å². The van der Waals surface area contributed by atoms with E-state index in [0.29, 0.717) is 0 Å². The largest absolute Gasteiger partial charge is 0.243 e. The van der Waals surface area contributed by atoms with Crippen LogP contribution >= 0.6 is 0 Å². The molecule has 22 heavy (non-hydrogen) atoms. The van der Waals surface area contributed by atoms with E-state index in [1.165, 1.54) is 0 Å². The second-order valence-electron chi connectivity index (χ2n) is 6.28. The molecular formula is C19H18N2Si. The molecule has 3 heteroatoms. The number of nitrogens with zero attached hydrogens (tertiary/aromatic N) is 2. The predicted octanol–water partition coefficient (Wildman–Crippen LogP) is 4.53. The molecular weight excluding hydrogens is 284 g/mol. The Hall–Kier alpha value is -2.44. The van der Waals surface area contributed by atoms with Gasteiger partial charge in [0, 0.05) is 5.56 Å². The maximum atomic E-state index is 4.80. The van der Waals surface area contributed by atoms with E-state index in [9.17, 15) is 0 Å². The molecule has 0 unspecified atom stereocenters. The van der Waals surface area contributed by atoms with E-state index in [1.54, 1.807) is 0 Å². The van der Waals surface area contributed by atoms with E-state index in [1.807, 2.05) is 42.5 Å². The first-order chi connectivity index (χ1) is 10.5. The Morgan fingerprint density at radius 2 is 1.36 bits per heavy atom. The lowest BCUT2D eigenvalue weighted by Gasteiger charge is -2.07. The highest BCUT2D eigenvalue weighted by atomic mass is 28.3. The summed E-state index contributed by atoms with van der Waals surface area (Å²) in [6, 6.07) is 18.1. The monoisotopic (exact) mass is 302 g/mol. The van der Waals surface area contributed by atoms with E-state index >= 15 is 0 Å². The quantitative estimate of drug-likeness (QED) is 0.487. The molecule has 0 aliphatic heterocycles. The molecule has 0 bridgehead atoms. The van der Waals surface area contributed by atoms with Gasteiger partial charge in [-0.2, -0.15) is 0 Å². The zero-order chi connectivity index (χ0) is 15.6. The molecule has 0 radical (unpaired) electrons. The molecule has 1 aromatic heterocycles. The highest BCUT2D eigenvalue weighted by Gasteiger charge is 2.11. The van der Waals surface area contributed by atoms with Crippen LogP contribution in [0.3, 0.4) is 0 Å². The summed E-state index contributed by atoms with van der Waals surface area (Å²) in [5.41, 5.74) is 7.89. The van der Waals surface area contributed by atoms with Gasteiger partial charge in [0.05, 0.1) is 11.0 Å². The molecule has 3 rings (SSSR count). The second-order valence-corrected chi connectivity index (χ2v) is 11.0. The van der Waals surface area contributed by atoms with E-state index in [-0.39, 0.29) is 0 Å². The Morgan fingerprint density at radius 3 is 2.00 bits per heavy atom. The van der Waals surface area contributed by atoms with Gasteiger partial charge in [0.1, 0.15) is 19.5 Å². The van der Waals surface area contributed by atoms with E-state index in [2.05, 4.69) is 43.2 Å². The third-order valence-corrected chi connectivity index (χ3v) is 4.05. The first kappa shape index (κ1) is 14.5. The summed E-state index contributed by atoms with van der Waals surface area (Å²) in [5.74, 6) is 3.28. The van der Waals surface area contributed by atoms with Gasteiger partial charge in [-0.25, -0.2) is 9.97 Å². The SMILES string of the molecule is C[Si](C)(C)C#Cc1nc2ccccc2nc1-c1ccccc1. The molecule has 0 spiro atoms. The Balaban J connectivity index is 2.25. The molecule has 2 aromatic carbocycles. The fourth-order valence-corrected chi connectivity index (χ4v) is 2.62. The summed E-state index contributed by atoms with van der Waals surface area (Å²) in [7, 11) is -1.46. The van der Waals surface area contributed by atoms with Crippen LogP contribution in [0.2, 0.25) is 19.6 Å². The van der Waals surface area contributed by atoms with Crippen LogP contribution in [0.15, 0.2) is 54.6 Å². The normalized spacial score (nSPS) is 11.0. The van der Waals surface area contributed by atoms with Gasteiger partial charge in [0.15, 0.2) is 0 Å². The third kappa shape index (κ3) is 3.24. The van der Waals surface area contributed by atoms with Gasteiger partial charge in [-0.3, -0.25) is 0 Å². The van der Waals surface area contributed by atoms with Crippen molar-refractivity contribution in [2.75, 3.05) is 0 Å². The lowest BCUT2D eigenvalue weighted by atomic mass is 10.1. The van der Waals surface area contributed by atoms with Crippen molar-refractivity contribution in [3.63, 3.8) is 0 Å². The van der Waals surface area contributed by atoms with Crippen molar-refractivity contribution in [1.29, 1.82) is 0 Å². The van der Waals surface area contributed by atoms with Crippen molar-refractivity contribution < 1.29 is 0 Å². The van der Waals surface area contributed by atoms with E-state index in [4.69, 9.17) is 9.97 Å². The molecule has 0 aliphatic rings. The maximum Gasteiger partial charge on any atom is 0.139 e. The highest BCUT2D eigenvalue weighted by Crippen LogP contribution is 2.22. The number of para-hydroxylation sites is 2. The average Bonchev–Trinajstić information content (AvgIpc) is 2.52. The number of hydrogen-bond acceptors (Lipinski definition) is 2. The fraction of sp³-hybridized carbons (Fsp3) is 0.158. The molecule has 108 valence electrons. The number of rotatable bonds is 1. The molecule has 0 atom stereocenters. The van der Waals surface area contributed by atoms with Crippen LogP contribution < -0.4 is 0 Å². The van der Waals surface area contributed by atoms with E-state index < -0.39 is 8.07 Å². The van der Waals surface area contributed by atoms with Crippen LogP contribution in [-0.2, 0) is 0 Å². The van der Waals surface area contributed by atoms with Gasteiger partial charge in [-0.05, 0) is 12.1 Å². The van der Waals surface area contributed by atoms with Crippen LogP contribution in [0.1, 0.15) is 5.69 Å². The lowest BCUT2D eigenvalue weighted by molar-refractivity contribution is 1.26. The maximum absolute atomic E-state index is 4.80. The smallest absolute Gasteiger partial charge is 0.139 e. The molecule has 0 aliphatic carbocycles. The van der Waals surface area contributed by atoms with Crippen LogP contribution in [0.25, 0.3) is 22.3 Å². The number of benzene rings is 2. The minimum absolute atomic E-state index is 0.771. The Labute approximate surface area is 132 Å². The molecule has 2 nitrogen and oxygen atoms in total. The third-order valence-electron chi connectivity index (χ3n) is 3.17. The first-order valence-corrected chi connectivity index (χ1v) is 10.9. The minimum atomic E-state index is -1.46. The number of hydrogen-bond donors (Lipinski definition) is 0. The van der Waals surface area contributed by atoms with Gasteiger partial charge >= 0.3 is 0 Å². The lowest BCUT2D eigenvalue weighted by Crippen LogP contribution is -2.16. The number of fused-ring (bicyclic) bond motifs is 1. The summed E-state index contributed by atoms with van der Waals surface area (Å²) < 4.78 is 0. The van der Waals surface area contributed by atoms with Gasteiger partial charge < -0.3 is 0 Å². The average molecular weight is 302 g/mol.